The van der Waals surface area contributed by atoms with Gasteiger partial charge in [-0.15, -0.1) is 0 Å². The zero-order valence-corrected chi connectivity index (χ0v) is 15.3. The molecular formula is C19H21N5O3. The van der Waals surface area contributed by atoms with Gasteiger partial charge < -0.3 is 20.8 Å². The lowest BCUT2D eigenvalue weighted by Crippen LogP contribution is -2.27. The number of hydrogen-bond acceptors (Lipinski definition) is 5. The van der Waals surface area contributed by atoms with E-state index in [9.17, 15) is 9.59 Å². The fraction of sp³-hybridized carbons (Fsp3) is 0.211. The van der Waals surface area contributed by atoms with Crippen LogP contribution >= 0.6 is 0 Å². The number of H-pyrrole nitrogens is 1. The first-order chi connectivity index (χ1) is 12.7. The molecule has 4 N–H and O–H groups in total. The topological polar surface area (TPSA) is 115 Å². The van der Waals surface area contributed by atoms with Crippen LogP contribution in [-0.4, -0.2) is 32.1 Å². The van der Waals surface area contributed by atoms with Gasteiger partial charge in [-0.05, 0) is 45.0 Å². The summed E-state index contributed by atoms with van der Waals surface area (Å²) in [6.07, 6.45) is 2.62. The maximum atomic E-state index is 12.2. The van der Waals surface area contributed by atoms with Crippen molar-refractivity contribution in [2.24, 2.45) is 0 Å². The van der Waals surface area contributed by atoms with E-state index in [1.807, 2.05) is 0 Å². The molecular weight excluding hydrogens is 346 g/mol. The maximum absolute atomic E-state index is 12.2. The van der Waals surface area contributed by atoms with Crippen LogP contribution in [0.15, 0.2) is 48.8 Å². The Morgan fingerprint density at radius 3 is 2.48 bits per heavy atom. The second-order valence-corrected chi connectivity index (χ2v) is 6.95. The average Bonchev–Trinajstić information content (AvgIpc) is 3.23. The molecule has 8 heteroatoms. The molecule has 27 heavy (non-hydrogen) atoms. The number of aromatic amines is 1. The van der Waals surface area contributed by atoms with Crippen molar-refractivity contribution in [1.29, 1.82) is 0 Å². The number of nitrogens with zero attached hydrogens (tertiary/aromatic N) is 2. The largest absolute Gasteiger partial charge is 0.443 e. The fourth-order valence-electron chi connectivity index (χ4n) is 2.39. The van der Waals surface area contributed by atoms with Crippen molar-refractivity contribution < 1.29 is 14.3 Å². The van der Waals surface area contributed by atoms with Crippen LogP contribution in [0.4, 0.5) is 16.4 Å². The van der Waals surface area contributed by atoms with Crippen LogP contribution < -0.4 is 11.1 Å². The molecule has 3 aromatic rings. The van der Waals surface area contributed by atoms with Gasteiger partial charge in [0.25, 0.3) is 5.91 Å². The predicted octanol–water partition coefficient (Wildman–Crippen LogP) is 3.50. The predicted molar refractivity (Wildman–Crippen MR) is 102 cm³/mol. The lowest BCUT2D eigenvalue weighted by atomic mass is 10.1. The van der Waals surface area contributed by atoms with Crippen molar-refractivity contribution in [1.82, 2.24) is 14.5 Å². The number of amides is 1. The van der Waals surface area contributed by atoms with Crippen LogP contribution in [0.5, 0.6) is 0 Å². The standard InChI is InChI=1S/C19H21N5O3/c1-19(2,3)27-18(26)24-11-15(23-17(24)20)12-6-8-13(9-7-12)22-16(25)14-5-4-10-21-14/h4-11,21H,1-3H3,(H2,20,23)(H,22,25). The van der Waals surface area contributed by atoms with E-state index in [2.05, 4.69) is 15.3 Å². The molecule has 0 aliphatic rings. The third-order valence-corrected chi connectivity index (χ3v) is 3.60. The summed E-state index contributed by atoms with van der Waals surface area (Å²) in [6.45, 7) is 5.33. The molecule has 0 saturated heterocycles. The number of nitrogens with one attached hydrogen (secondary N) is 2. The molecule has 0 radical (unpaired) electrons. The highest BCUT2D eigenvalue weighted by Gasteiger charge is 2.20. The van der Waals surface area contributed by atoms with Gasteiger partial charge >= 0.3 is 6.09 Å². The summed E-state index contributed by atoms with van der Waals surface area (Å²) >= 11 is 0. The third-order valence-electron chi connectivity index (χ3n) is 3.60. The Balaban J connectivity index is 1.75. The number of nitrogens with two attached hydrogens (primary N) is 1. The van der Waals surface area contributed by atoms with Crippen molar-refractivity contribution in [2.75, 3.05) is 11.1 Å². The number of carbonyl (C=O) groups is 2. The van der Waals surface area contributed by atoms with E-state index < -0.39 is 11.7 Å². The van der Waals surface area contributed by atoms with Crippen LogP contribution in [0.1, 0.15) is 31.3 Å². The lowest BCUT2D eigenvalue weighted by molar-refractivity contribution is 0.0540. The minimum Gasteiger partial charge on any atom is -0.443 e. The number of benzene rings is 1. The highest BCUT2D eigenvalue weighted by Crippen LogP contribution is 2.23. The Hall–Kier alpha value is -3.55. The summed E-state index contributed by atoms with van der Waals surface area (Å²) in [5, 5.41) is 2.79. The Labute approximate surface area is 156 Å². The third kappa shape index (κ3) is 4.35. The van der Waals surface area contributed by atoms with E-state index in [-0.39, 0.29) is 11.9 Å². The Kier molecular flexibility index (Phi) is 4.72. The van der Waals surface area contributed by atoms with Crippen molar-refractivity contribution >= 4 is 23.6 Å². The van der Waals surface area contributed by atoms with Crippen LogP contribution in [0.2, 0.25) is 0 Å². The molecule has 0 fully saturated rings. The molecule has 1 aromatic carbocycles. The van der Waals surface area contributed by atoms with Gasteiger partial charge in [0, 0.05) is 23.6 Å². The van der Waals surface area contributed by atoms with E-state index >= 15 is 0 Å². The van der Waals surface area contributed by atoms with Crippen molar-refractivity contribution in [3.8, 4) is 11.3 Å². The molecule has 140 valence electrons. The van der Waals surface area contributed by atoms with Gasteiger partial charge in [0.05, 0.1) is 5.69 Å². The number of carbonyl (C=O) groups excluding carboxylic acids is 2. The van der Waals surface area contributed by atoms with E-state index in [1.165, 1.54) is 10.8 Å². The number of aromatic nitrogens is 3. The minimum absolute atomic E-state index is 0.0448. The second kappa shape index (κ2) is 6.99. The summed E-state index contributed by atoms with van der Waals surface area (Å²) in [5.74, 6) is -0.186. The summed E-state index contributed by atoms with van der Waals surface area (Å²) in [5.41, 5.74) is 7.60. The molecule has 0 spiro atoms. The molecule has 2 heterocycles. The van der Waals surface area contributed by atoms with Crippen molar-refractivity contribution in [3.63, 3.8) is 0 Å². The van der Waals surface area contributed by atoms with Gasteiger partial charge in [0.15, 0.2) is 0 Å². The molecule has 0 atom stereocenters. The Morgan fingerprint density at radius 1 is 1.19 bits per heavy atom. The van der Waals surface area contributed by atoms with Gasteiger partial charge in [-0.3, -0.25) is 4.79 Å². The lowest BCUT2D eigenvalue weighted by Gasteiger charge is -2.19. The molecule has 0 saturated carbocycles. The second-order valence-electron chi connectivity index (χ2n) is 6.95. The van der Waals surface area contributed by atoms with Crippen molar-refractivity contribution in [2.45, 2.75) is 26.4 Å². The Bertz CT molecular complexity index is 950. The molecule has 1 amide bonds. The summed E-state index contributed by atoms with van der Waals surface area (Å²) in [4.78, 5) is 31.3. The first-order valence-corrected chi connectivity index (χ1v) is 8.36. The number of imidazole rings is 1. The number of anilines is 2. The van der Waals surface area contributed by atoms with Gasteiger partial charge in [-0.2, -0.15) is 0 Å². The van der Waals surface area contributed by atoms with Gasteiger partial charge in [0.2, 0.25) is 5.95 Å². The average molecular weight is 367 g/mol. The van der Waals surface area contributed by atoms with Crippen LogP contribution in [0.25, 0.3) is 11.3 Å². The minimum atomic E-state index is -0.632. The summed E-state index contributed by atoms with van der Waals surface area (Å²) in [7, 11) is 0. The molecule has 2 aromatic heterocycles. The van der Waals surface area contributed by atoms with E-state index in [0.717, 1.165) is 5.56 Å². The highest BCUT2D eigenvalue weighted by atomic mass is 16.6. The molecule has 3 rings (SSSR count). The van der Waals surface area contributed by atoms with Crippen molar-refractivity contribution in [3.05, 3.63) is 54.5 Å². The molecule has 0 aliphatic carbocycles. The van der Waals surface area contributed by atoms with Crippen LogP contribution in [0.3, 0.4) is 0 Å². The first-order valence-electron chi connectivity index (χ1n) is 8.36. The number of hydrogen-bond donors (Lipinski definition) is 3. The maximum Gasteiger partial charge on any atom is 0.421 e. The highest BCUT2D eigenvalue weighted by molar-refractivity contribution is 6.03. The van der Waals surface area contributed by atoms with Crippen LogP contribution in [0, 0.1) is 0 Å². The number of rotatable bonds is 3. The normalized spacial score (nSPS) is 11.2. The fourth-order valence-corrected chi connectivity index (χ4v) is 2.39. The number of ether oxygens (including phenoxy) is 1. The summed E-state index contributed by atoms with van der Waals surface area (Å²) in [6, 6.07) is 10.5. The molecule has 0 unspecified atom stereocenters. The Morgan fingerprint density at radius 2 is 1.89 bits per heavy atom. The zero-order valence-electron chi connectivity index (χ0n) is 15.3. The zero-order chi connectivity index (χ0) is 19.6. The summed E-state index contributed by atoms with van der Waals surface area (Å²) < 4.78 is 6.47. The quantitative estimate of drug-likeness (QED) is 0.655. The monoisotopic (exact) mass is 367 g/mol. The van der Waals surface area contributed by atoms with Crippen LogP contribution in [-0.2, 0) is 4.74 Å². The molecule has 0 bridgehead atoms. The van der Waals surface area contributed by atoms with Gasteiger partial charge in [-0.25, -0.2) is 14.3 Å². The number of nitrogen functional groups attached to an aromatic ring is 1. The van der Waals surface area contributed by atoms with E-state index in [1.54, 1.807) is 63.4 Å². The molecule has 0 aliphatic heterocycles. The van der Waals surface area contributed by atoms with E-state index in [4.69, 9.17) is 10.5 Å². The molecule has 8 nitrogen and oxygen atoms in total. The van der Waals surface area contributed by atoms with Gasteiger partial charge in [0.1, 0.15) is 11.3 Å². The van der Waals surface area contributed by atoms with E-state index in [0.29, 0.717) is 17.1 Å². The first kappa shape index (κ1) is 18.2. The van der Waals surface area contributed by atoms with Gasteiger partial charge in [-0.1, -0.05) is 12.1 Å². The SMILES string of the molecule is CC(C)(C)OC(=O)n1cc(-c2ccc(NC(=O)c3ccc[nH]3)cc2)nc1N. The smallest absolute Gasteiger partial charge is 0.421 e.